The van der Waals surface area contributed by atoms with Gasteiger partial charge in [0.1, 0.15) is 5.75 Å². The Morgan fingerprint density at radius 2 is 1.56 bits per heavy atom. The number of rotatable bonds is 6. The van der Waals surface area contributed by atoms with Crippen LogP contribution in [0, 0.1) is 0 Å². The lowest BCUT2D eigenvalue weighted by molar-refractivity contribution is -0.117. The van der Waals surface area contributed by atoms with Crippen molar-refractivity contribution in [2.45, 2.75) is 12.3 Å². The maximum atomic E-state index is 13.5. The third-order valence-corrected chi connectivity index (χ3v) is 5.99. The third kappa shape index (κ3) is 3.85. The fourth-order valence-corrected chi connectivity index (χ4v) is 4.30. The molecule has 1 fully saturated rings. The van der Waals surface area contributed by atoms with Gasteiger partial charge in [-0.25, -0.2) is 0 Å². The van der Waals surface area contributed by atoms with Gasteiger partial charge >= 0.3 is 0 Å². The summed E-state index contributed by atoms with van der Waals surface area (Å²) in [5, 5.41) is 10.9. The van der Waals surface area contributed by atoms with Gasteiger partial charge < -0.3 is 19.3 Å². The molecule has 1 unspecified atom stereocenters. The van der Waals surface area contributed by atoms with Crippen LogP contribution in [0.25, 0.3) is 0 Å². The van der Waals surface area contributed by atoms with Crippen LogP contribution in [0.4, 0.5) is 5.69 Å². The molecule has 34 heavy (non-hydrogen) atoms. The molecule has 1 amide bonds. The van der Waals surface area contributed by atoms with Crippen LogP contribution in [0.5, 0.6) is 5.75 Å². The number of carbonyl (C=O) groups is 2. The smallest absolute Gasteiger partial charge is 0.294 e. The molecular weight excluding hydrogens is 434 g/mol. The molecule has 2 aliphatic heterocycles. The van der Waals surface area contributed by atoms with Crippen molar-refractivity contribution in [3.05, 3.63) is 107 Å². The van der Waals surface area contributed by atoms with Crippen molar-refractivity contribution in [2.24, 2.45) is 0 Å². The number of aliphatic hydroxyl groups is 1. The predicted molar refractivity (Wildman–Crippen MR) is 125 cm³/mol. The molecule has 3 aromatic carbocycles. The van der Waals surface area contributed by atoms with E-state index in [1.165, 1.54) is 4.90 Å². The van der Waals surface area contributed by atoms with Crippen LogP contribution in [-0.2, 0) is 14.3 Å². The van der Waals surface area contributed by atoms with Crippen molar-refractivity contribution in [2.75, 3.05) is 25.2 Å². The minimum absolute atomic E-state index is 0.0351. The third-order valence-electron chi connectivity index (χ3n) is 5.99. The highest BCUT2D eigenvalue weighted by Gasteiger charge is 2.44. The number of ether oxygens (including phenoxy) is 3. The number of anilines is 1. The van der Waals surface area contributed by atoms with Gasteiger partial charge in [0.25, 0.3) is 5.91 Å². The van der Waals surface area contributed by atoms with Crippen LogP contribution < -0.4 is 9.64 Å². The highest BCUT2D eigenvalue weighted by molar-refractivity contribution is 6.20. The van der Waals surface area contributed by atoms with Crippen LogP contribution in [0.15, 0.2) is 90.2 Å². The van der Waals surface area contributed by atoms with Crippen molar-refractivity contribution in [3.8, 4) is 5.75 Å². The number of hydrogen-bond acceptors (Lipinski definition) is 6. The summed E-state index contributed by atoms with van der Waals surface area (Å²) in [5.41, 5.74) is 2.47. The quantitative estimate of drug-likeness (QED) is 0.548. The van der Waals surface area contributed by atoms with E-state index in [0.29, 0.717) is 35.8 Å². The van der Waals surface area contributed by atoms with E-state index in [2.05, 4.69) is 0 Å². The molecule has 1 atom stereocenters. The van der Waals surface area contributed by atoms with Crippen LogP contribution in [0.3, 0.4) is 0 Å². The number of benzene rings is 3. The average Bonchev–Trinajstić information content (AvgIpc) is 3.52. The van der Waals surface area contributed by atoms with Gasteiger partial charge in [0.05, 0.1) is 31.9 Å². The Balaban J connectivity index is 1.55. The van der Waals surface area contributed by atoms with E-state index in [0.717, 1.165) is 5.56 Å². The number of methoxy groups -OCH3 is 1. The first kappa shape index (κ1) is 21.9. The fraction of sp³-hybridized carbons (Fsp3) is 0.185. The van der Waals surface area contributed by atoms with Gasteiger partial charge in [0.2, 0.25) is 0 Å². The molecule has 0 aromatic heterocycles. The highest BCUT2D eigenvalue weighted by atomic mass is 16.7. The SMILES string of the molecule is COc1ccc(C(=O)C2=C(O)C(=O)N(c3ccc(C4OCCO4)cc3)C2c2ccccc2)cc1. The van der Waals surface area contributed by atoms with Crippen LogP contribution in [-0.4, -0.2) is 37.1 Å². The second-order valence-corrected chi connectivity index (χ2v) is 7.97. The average molecular weight is 457 g/mol. The molecule has 7 heteroatoms. The molecule has 172 valence electrons. The first-order valence-corrected chi connectivity index (χ1v) is 10.9. The lowest BCUT2D eigenvalue weighted by atomic mass is 9.92. The topological polar surface area (TPSA) is 85.3 Å². The second-order valence-electron chi connectivity index (χ2n) is 7.97. The molecule has 1 N–H and O–H groups in total. The molecule has 5 rings (SSSR count). The first-order chi connectivity index (χ1) is 16.6. The second kappa shape index (κ2) is 9.13. The molecule has 1 saturated heterocycles. The number of amides is 1. The fourth-order valence-electron chi connectivity index (χ4n) is 4.30. The van der Waals surface area contributed by atoms with Gasteiger partial charge in [-0.3, -0.25) is 14.5 Å². The number of hydrogen-bond donors (Lipinski definition) is 1. The molecular formula is C27H23NO6. The Labute approximate surface area is 196 Å². The number of aliphatic hydroxyl groups excluding tert-OH is 1. The van der Waals surface area contributed by atoms with E-state index < -0.39 is 29.8 Å². The lowest BCUT2D eigenvalue weighted by Gasteiger charge is -2.27. The van der Waals surface area contributed by atoms with E-state index in [1.807, 2.05) is 42.5 Å². The highest BCUT2D eigenvalue weighted by Crippen LogP contribution is 2.42. The molecule has 7 nitrogen and oxygen atoms in total. The Bertz CT molecular complexity index is 1230. The van der Waals surface area contributed by atoms with E-state index >= 15 is 0 Å². The van der Waals surface area contributed by atoms with E-state index in [9.17, 15) is 14.7 Å². The first-order valence-electron chi connectivity index (χ1n) is 10.9. The molecule has 3 aromatic rings. The number of carbonyl (C=O) groups excluding carboxylic acids is 2. The van der Waals surface area contributed by atoms with Crippen molar-refractivity contribution in [1.82, 2.24) is 0 Å². The summed E-state index contributed by atoms with van der Waals surface area (Å²) in [6, 6.07) is 22.2. The van der Waals surface area contributed by atoms with E-state index in [4.69, 9.17) is 14.2 Å². The molecule has 2 aliphatic rings. The monoisotopic (exact) mass is 457 g/mol. The number of ketones is 1. The van der Waals surface area contributed by atoms with Crippen LogP contribution in [0.2, 0.25) is 0 Å². The Kier molecular flexibility index (Phi) is 5.88. The Morgan fingerprint density at radius 3 is 2.18 bits per heavy atom. The van der Waals surface area contributed by atoms with Crippen LogP contribution >= 0.6 is 0 Å². The summed E-state index contributed by atoms with van der Waals surface area (Å²) in [6.07, 6.45) is -0.438. The minimum Gasteiger partial charge on any atom is -0.503 e. The minimum atomic E-state index is -0.784. The Morgan fingerprint density at radius 1 is 0.912 bits per heavy atom. The van der Waals surface area contributed by atoms with E-state index in [1.54, 1.807) is 43.5 Å². The predicted octanol–water partition coefficient (Wildman–Crippen LogP) is 4.52. The van der Waals surface area contributed by atoms with Gasteiger partial charge in [-0.05, 0) is 42.0 Å². The van der Waals surface area contributed by atoms with Crippen molar-refractivity contribution < 1.29 is 28.9 Å². The van der Waals surface area contributed by atoms with Gasteiger partial charge in [-0.2, -0.15) is 0 Å². The van der Waals surface area contributed by atoms with Crippen LogP contribution in [0.1, 0.15) is 33.8 Å². The maximum Gasteiger partial charge on any atom is 0.294 e. The zero-order valence-electron chi connectivity index (χ0n) is 18.5. The Hall–Kier alpha value is -3.94. The summed E-state index contributed by atoms with van der Waals surface area (Å²) >= 11 is 0. The van der Waals surface area contributed by atoms with E-state index in [-0.39, 0.29) is 5.57 Å². The van der Waals surface area contributed by atoms with Crippen molar-refractivity contribution >= 4 is 17.4 Å². The maximum absolute atomic E-state index is 13.5. The van der Waals surface area contributed by atoms with Gasteiger partial charge in [0.15, 0.2) is 17.8 Å². The summed E-state index contributed by atoms with van der Waals surface area (Å²) in [6.45, 7) is 1.06. The number of nitrogens with zero attached hydrogens (tertiary/aromatic N) is 1. The summed E-state index contributed by atoms with van der Waals surface area (Å²) in [5.74, 6) is -1.00. The van der Waals surface area contributed by atoms with Gasteiger partial charge in [-0.15, -0.1) is 0 Å². The molecule has 0 spiro atoms. The van der Waals surface area contributed by atoms with Crippen molar-refractivity contribution in [1.29, 1.82) is 0 Å². The van der Waals surface area contributed by atoms with Gasteiger partial charge in [-0.1, -0.05) is 42.5 Å². The lowest BCUT2D eigenvalue weighted by Crippen LogP contribution is -2.31. The standard InChI is InChI=1S/C27H23NO6/c1-32-21-13-9-18(10-14-21)24(29)22-23(17-5-3-2-4-6-17)28(26(31)25(22)30)20-11-7-19(8-12-20)27-33-15-16-34-27/h2-14,23,27,30H,15-16H2,1H3. The summed E-state index contributed by atoms with van der Waals surface area (Å²) in [7, 11) is 1.54. The molecule has 2 heterocycles. The summed E-state index contributed by atoms with van der Waals surface area (Å²) in [4.78, 5) is 28.2. The van der Waals surface area contributed by atoms with Gasteiger partial charge in [0, 0.05) is 16.8 Å². The molecule has 0 radical (unpaired) electrons. The number of Topliss-reactive ketones (excluding diaryl/α,β-unsaturated/α-hetero) is 1. The zero-order valence-corrected chi connectivity index (χ0v) is 18.5. The zero-order chi connectivity index (χ0) is 23.7. The summed E-state index contributed by atoms with van der Waals surface area (Å²) < 4.78 is 16.3. The molecule has 0 bridgehead atoms. The molecule has 0 saturated carbocycles. The molecule has 0 aliphatic carbocycles. The largest absolute Gasteiger partial charge is 0.503 e. The van der Waals surface area contributed by atoms with Crippen molar-refractivity contribution in [3.63, 3.8) is 0 Å². The normalized spacial score (nSPS) is 18.6.